The quantitative estimate of drug-likeness (QED) is 0.0169. The van der Waals surface area contributed by atoms with Gasteiger partial charge < -0.3 is 33.8 Å². The van der Waals surface area contributed by atoms with E-state index in [0.29, 0.717) is 37.5 Å². The highest BCUT2D eigenvalue weighted by atomic mass is 31.2. The van der Waals surface area contributed by atoms with E-state index >= 15 is 0 Å². The van der Waals surface area contributed by atoms with Crippen LogP contribution in [0, 0.1) is 17.8 Å². The second kappa shape index (κ2) is 62.4. The van der Waals surface area contributed by atoms with Gasteiger partial charge in [0.05, 0.1) is 26.4 Å². The summed E-state index contributed by atoms with van der Waals surface area (Å²) >= 11 is 0. The molecule has 0 aliphatic rings. The van der Waals surface area contributed by atoms with E-state index in [1.807, 2.05) is 0 Å². The molecule has 0 aliphatic carbocycles. The standard InChI is InChI=1S/C72H136O17P2/c1-8-9-10-11-12-13-14-15-16-17-22-25-33-41-48-55-71(76)88-67(59-82-69(74)53-46-39-32-24-21-19-18-20-23-29-36-43-50-63(2)3)61-86-90(78,79)84-57-66(73)58-85-91(80,81)87-62-68(60-83-70(75)54-47-40-35-28-31-38-45-52-65(6)7)89-72(77)56-49-42-34-27-26-30-37-44-51-64(4)5/h13-16,63-68,73H,8-12,17-62H2,1-7H3,(H,78,79)(H,80,81)/b14-13-,16-15-/t66?,67-,68-/m1/s1. The SMILES string of the molecule is CCCCCC/C=C\C=C/CCCCCCCC(=O)O[C@H](COC(=O)CCCCCCCCCCCCCCC(C)C)COP(=O)(O)OCC(O)COP(=O)(O)OC[C@@H](COC(=O)CCCCCCCCCC(C)C)OC(=O)CCCCCCCCCCC(C)C. The molecule has 19 heteroatoms. The number of carbonyl (C=O) groups excluding carboxylic acids is 4. The van der Waals surface area contributed by atoms with Crippen molar-refractivity contribution >= 4 is 39.5 Å². The Morgan fingerprint density at radius 1 is 0.341 bits per heavy atom. The molecule has 536 valence electrons. The summed E-state index contributed by atoms with van der Waals surface area (Å²) in [6, 6.07) is 0. The van der Waals surface area contributed by atoms with Gasteiger partial charge in [0, 0.05) is 25.7 Å². The number of allylic oxidation sites excluding steroid dienone is 4. The monoisotopic (exact) mass is 1330 g/mol. The summed E-state index contributed by atoms with van der Waals surface area (Å²) in [7, 11) is -9.92. The molecular formula is C72H136O17P2. The predicted molar refractivity (Wildman–Crippen MR) is 367 cm³/mol. The lowest BCUT2D eigenvalue weighted by Crippen LogP contribution is -2.30. The van der Waals surface area contributed by atoms with Crippen LogP contribution in [0.5, 0.6) is 0 Å². The number of rotatable bonds is 68. The zero-order valence-corrected chi connectivity index (χ0v) is 60.6. The number of phosphoric ester groups is 2. The Morgan fingerprint density at radius 3 is 0.890 bits per heavy atom. The zero-order valence-electron chi connectivity index (χ0n) is 58.8. The Labute approximate surface area is 554 Å². The van der Waals surface area contributed by atoms with E-state index < -0.39 is 97.5 Å². The maximum absolute atomic E-state index is 13.0. The molecule has 0 spiro atoms. The van der Waals surface area contributed by atoms with Crippen LogP contribution in [0.1, 0.15) is 337 Å². The van der Waals surface area contributed by atoms with E-state index in [1.54, 1.807) is 0 Å². The first-order chi connectivity index (χ1) is 43.7. The first-order valence-corrected chi connectivity index (χ1v) is 39.7. The summed E-state index contributed by atoms with van der Waals surface area (Å²) in [5.41, 5.74) is 0. The van der Waals surface area contributed by atoms with Gasteiger partial charge in [0.15, 0.2) is 12.2 Å². The molecule has 0 aromatic heterocycles. The van der Waals surface area contributed by atoms with Gasteiger partial charge in [-0.15, -0.1) is 0 Å². The summed E-state index contributed by atoms with van der Waals surface area (Å²) < 4.78 is 68.3. The van der Waals surface area contributed by atoms with Gasteiger partial charge in [0.2, 0.25) is 0 Å². The van der Waals surface area contributed by atoms with E-state index in [9.17, 15) is 43.2 Å². The first kappa shape index (κ1) is 88.5. The molecule has 0 rings (SSSR count). The number of phosphoric acid groups is 2. The van der Waals surface area contributed by atoms with Gasteiger partial charge in [-0.1, -0.05) is 285 Å². The van der Waals surface area contributed by atoms with Crippen LogP contribution in [0.15, 0.2) is 24.3 Å². The third-order valence-corrected chi connectivity index (χ3v) is 17.9. The molecule has 0 fully saturated rings. The number of unbranched alkanes of at least 4 members (excludes halogenated alkanes) is 33. The summed E-state index contributed by atoms with van der Waals surface area (Å²) in [5, 5.41) is 10.6. The average Bonchev–Trinajstić information content (AvgIpc) is 3.19. The number of aliphatic hydroxyl groups is 1. The van der Waals surface area contributed by atoms with Crippen molar-refractivity contribution in [2.24, 2.45) is 17.8 Å². The number of hydrogen-bond acceptors (Lipinski definition) is 15. The zero-order chi connectivity index (χ0) is 67.3. The topological polar surface area (TPSA) is 237 Å². The van der Waals surface area contributed by atoms with E-state index in [4.69, 9.17) is 37.0 Å². The summed E-state index contributed by atoms with van der Waals surface area (Å²) in [5.74, 6) is 0.0428. The summed E-state index contributed by atoms with van der Waals surface area (Å²) in [6.07, 6.45) is 49.5. The first-order valence-electron chi connectivity index (χ1n) is 36.7. The van der Waals surface area contributed by atoms with Crippen molar-refractivity contribution in [3.63, 3.8) is 0 Å². The second-order valence-electron chi connectivity index (χ2n) is 26.7. The predicted octanol–water partition coefficient (Wildman–Crippen LogP) is 20.2. The third-order valence-electron chi connectivity index (χ3n) is 16.0. The minimum Gasteiger partial charge on any atom is -0.462 e. The number of carbonyl (C=O) groups is 4. The molecule has 0 saturated carbocycles. The molecule has 0 aromatic rings. The molecule has 5 atom stereocenters. The fourth-order valence-corrected chi connectivity index (χ4v) is 11.9. The fraction of sp³-hybridized carbons (Fsp3) is 0.889. The van der Waals surface area contributed by atoms with E-state index in [1.165, 1.54) is 128 Å². The molecule has 0 saturated heterocycles. The minimum absolute atomic E-state index is 0.0845. The molecule has 0 bridgehead atoms. The van der Waals surface area contributed by atoms with Gasteiger partial charge in [-0.05, 0) is 69.1 Å². The average molecular weight is 1340 g/mol. The Morgan fingerprint density at radius 2 is 0.593 bits per heavy atom. The normalized spacial score (nSPS) is 14.3. The molecule has 0 heterocycles. The number of aliphatic hydroxyl groups excluding tert-OH is 1. The molecule has 0 radical (unpaired) electrons. The van der Waals surface area contributed by atoms with Gasteiger partial charge in [0.25, 0.3) is 0 Å². The second-order valence-corrected chi connectivity index (χ2v) is 29.6. The highest BCUT2D eigenvalue weighted by Gasteiger charge is 2.30. The molecule has 17 nitrogen and oxygen atoms in total. The van der Waals surface area contributed by atoms with Crippen molar-refractivity contribution in [3.8, 4) is 0 Å². The smallest absolute Gasteiger partial charge is 0.462 e. The Hall–Kier alpha value is -2.46. The summed E-state index contributed by atoms with van der Waals surface area (Å²) in [4.78, 5) is 72.6. The number of ether oxygens (including phenoxy) is 4. The minimum atomic E-state index is -4.96. The van der Waals surface area contributed by atoms with Crippen LogP contribution < -0.4 is 0 Å². The van der Waals surface area contributed by atoms with Crippen molar-refractivity contribution in [1.82, 2.24) is 0 Å². The van der Waals surface area contributed by atoms with Crippen molar-refractivity contribution in [1.29, 1.82) is 0 Å². The molecular weight excluding hydrogens is 1200 g/mol. The Balaban J connectivity index is 5.29. The van der Waals surface area contributed by atoms with Gasteiger partial charge in [-0.25, -0.2) is 9.13 Å². The van der Waals surface area contributed by atoms with Crippen molar-refractivity contribution in [3.05, 3.63) is 24.3 Å². The third kappa shape index (κ3) is 66.0. The molecule has 0 aromatic carbocycles. The Kier molecular flexibility index (Phi) is 60.7. The lowest BCUT2D eigenvalue weighted by Gasteiger charge is -2.21. The number of esters is 4. The largest absolute Gasteiger partial charge is 0.472 e. The fourth-order valence-electron chi connectivity index (χ4n) is 10.4. The van der Waals surface area contributed by atoms with Crippen molar-refractivity contribution in [2.45, 2.75) is 356 Å². The molecule has 3 N–H and O–H groups in total. The van der Waals surface area contributed by atoms with Gasteiger partial charge in [-0.2, -0.15) is 0 Å². The lowest BCUT2D eigenvalue weighted by atomic mass is 10.0. The van der Waals surface area contributed by atoms with Crippen LogP contribution in [0.4, 0.5) is 0 Å². The van der Waals surface area contributed by atoms with Crippen LogP contribution in [-0.4, -0.2) is 96.7 Å². The van der Waals surface area contributed by atoms with E-state index in [-0.39, 0.29) is 25.7 Å². The van der Waals surface area contributed by atoms with E-state index in [2.05, 4.69) is 72.8 Å². The van der Waals surface area contributed by atoms with Crippen LogP contribution in [0.25, 0.3) is 0 Å². The van der Waals surface area contributed by atoms with Gasteiger partial charge >= 0.3 is 39.5 Å². The molecule has 3 unspecified atom stereocenters. The number of hydrogen-bond donors (Lipinski definition) is 3. The molecule has 0 aliphatic heterocycles. The highest BCUT2D eigenvalue weighted by Crippen LogP contribution is 2.45. The maximum Gasteiger partial charge on any atom is 0.472 e. The van der Waals surface area contributed by atoms with Crippen molar-refractivity contribution < 1.29 is 80.2 Å². The summed E-state index contributed by atoms with van der Waals surface area (Å²) in [6.45, 7) is 11.7. The van der Waals surface area contributed by atoms with E-state index in [0.717, 1.165) is 115 Å². The molecule has 91 heavy (non-hydrogen) atoms. The van der Waals surface area contributed by atoms with Gasteiger partial charge in [0.1, 0.15) is 19.3 Å². The van der Waals surface area contributed by atoms with Crippen molar-refractivity contribution in [2.75, 3.05) is 39.6 Å². The van der Waals surface area contributed by atoms with Gasteiger partial charge in [-0.3, -0.25) is 37.3 Å². The van der Waals surface area contributed by atoms with Crippen LogP contribution in [-0.2, 0) is 65.4 Å². The Bertz CT molecular complexity index is 1880. The van der Waals surface area contributed by atoms with Crippen LogP contribution in [0.2, 0.25) is 0 Å². The maximum atomic E-state index is 13.0. The molecule has 0 amide bonds. The van der Waals surface area contributed by atoms with Crippen LogP contribution >= 0.6 is 15.6 Å². The lowest BCUT2D eigenvalue weighted by molar-refractivity contribution is -0.161. The highest BCUT2D eigenvalue weighted by molar-refractivity contribution is 7.47. The van der Waals surface area contributed by atoms with Crippen LogP contribution in [0.3, 0.4) is 0 Å².